The van der Waals surface area contributed by atoms with E-state index in [1.807, 2.05) is 0 Å². The highest BCUT2D eigenvalue weighted by molar-refractivity contribution is 5.99. The summed E-state index contributed by atoms with van der Waals surface area (Å²) in [5, 5.41) is 70.3. The van der Waals surface area contributed by atoms with Crippen LogP contribution in [0.25, 0.3) is 0 Å². The molecule has 454 valence electrons. The number of phenolic OH excluding ortho intramolecular Hbond substituents is 1. The van der Waals surface area contributed by atoms with Crippen LogP contribution >= 0.6 is 0 Å². The second-order valence-corrected chi connectivity index (χ2v) is 19.3. The molecule has 0 aliphatic carbocycles. The van der Waals surface area contributed by atoms with Gasteiger partial charge < -0.3 is 102 Å². The van der Waals surface area contributed by atoms with Crippen molar-refractivity contribution in [2.45, 2.75) is 158 Å². The van der Waals surface area contributed by atoms with Gasteiger partial charge in [-0.3, -0.25) is 57.5 Å². The van der Waals surface area contributed by atoms with Crippen molar-refractivity contribution in [3.8, 4) is 5.75 Å². The van der Waals surface area contributed by atoms with Crippen LogP contribution in [0.15, 0.2) is 24.3 Å². The highest BCUT2D eigenvalue weighted by Gasteiger charge is 2.36. The van der Waals surface area contributed by atoms with Gasteiger partial charge in [0.1, 0.15) is 54.1 Å². The van der Waals surface area contributed by atoms with Crippen LogP contribution in [0.2, 0.25) is 0 Å². The van der Waals surface area contributed by atoms with Crippen molar-refractivity contribution in [1.29, 1.82) is 0 Å². The van der Waals surface area contributed by atoms with Crippen LogP contribution in [0.5, 0.6) is 5.75 Å². The van der Waals surface area contributed by atoms with Crippen molar-refractivity contribution in [2.75, 3.05) is 26.2 Å². The zero-order chi connectivity index (χ0) is 61.5. The number of carboxylic acids is 2. The van der Waals surface area contributed by atoms with Gasteiger partial charge in [0.25, 0.3) is 0 Å². The quantitative estimate of drug-likeness (QED) is 0.0272. The summed E-state index contributed by atoms with van der Waals surface area (Å²) < 4.78 is 0. The number of phenols is 1. The van der Waals surface area contributed by atoms with E-state index >= 15 is 0 Å². The van der Waals surface area contributed by atoms with Crippen molar-refractivity contribution in [3.05, 3.63) is 29.8 Å². The van der Waals surface area contributed by atoms with Crippen LogP contribution in [0, 0.1) is 5.92 Å². The Morgan fingerprint density at radius 1 is 0.519 bits per heavy atom. The van der Waals surface area contributed by atoms with E-state index in [4.69, 9.17) is 28.7 Å². The topological polar surface area (TPSA) is 561 Å². The fourth-order valence-electron chi connectivity index (χ4n) is 7.49. The van der Waals surface area contributed by atoms with Gasteiger partial charge in [0.15, 0.2) is 0 Å². The summed E-state index contributed by atoms with van der Waals surface area (Å²) in [7, 11) is 0. The number of rotatable bonds is 40. The van der Waals surface area contributed by atoms with Gasteiger partial charge in [0.2, 0.25) is 65.0 Å². The fraction of sp³-hybridized carbons (Fsp3) is 0.612. The highest BCUT2D eigenvalue weighted by atomic mass is 16.4. The molecular weight excluding hydrogens is 1070 g/mol. The molecule has 0 aromatic heterocycles. The molecule has 81 heavy (non-hydrogen) atoms. The molecule has 1 rings (SSSR count). The van der Waals surface area contributed by atoms with Crippen LogP contribution in [-0.4, -0.2) is 189 Å². The maximum absolute atomic E-state index is 14.0. The molecule has 0 spiro atoms. The lowest BCUT2D eigenvalue weighted by atomic mass is 10.0. The lowest BCUT2D eigenvalue weighted by molar-refractivity contribution is -0.143. The van der Waals surface area contributed by atoms with Gasteiger partial charge in [-0.25, -0.2) is 4.79 Å². The number of carboxylic acid groups (broad SMARTS) is 2. The Morgan fingerprint density at radius 3 is 1.47 bits per heavy atom. The van der Waals surface area contributed by atoms with Crippen LogP contribution in [0.4, 0.5) is 0 Å². The third kappa shape index (κ3) is 27.6. The van der Waals surface area contributed by atoms with Crippen molar-refractivity contribution in [2.24, 2.45) is 34.6 Å². The molecule has 0 bridgehead atoms. The maximum atomic E-state index is 14.0. The molecule has 10 atom stereocenters. The van der Waals surface area contributed by atoms with Gasteiger partial charge in [-0.1, -0.05) is 32.4 Å². The lowest BCUT2D eigenvalue weighted by Crippen LogP contribution is -2.61. The number of amides is 11. The average molecular weight is 1150 g/mol. The van der Waals surface area contributed by atoms with Crippen molar-refractivity contribution < 1.29 is 87.9 Å². The number of primary amides is 2. The zero-order valence-electron chi connectivity index (χ0n) is 45.4. The van der Waals surface area contributed by atoms with Gasteiger partial charge in [-0.15, -0.1) is 0 Å². The monoisotopic (exact) mass is 1150 g/mol. The fourth-order valence-corrected chi connectivity index (χ4v) is 7.49. The minimum Gasteiger partial charge on any atom is -0.508 e. The van der Waals surface area contributed by atoms with E-state index in [0.29, 0.717) is 24.9 Å². The van der Waals surface area contributed by atoms with Gasteiger partial charge >= 0.3 is 11.9 Å². The molecule has 1 aromatic rings. The molecule has 0 saturated carbocycles. The maximum Gasteiger partial charge on any atom is 0.326 e. The molecule has 24 N–H and O–H groups in total. The second kappa shape index (κ2) is 37.0. The lowest BCUT2D eigenvalue weighted by Gasteiger charge is -2.28. The van der Waals surface area contributed by atoms with Gasteiger partial charge in [0, 0.05) is 19.3 Å². The Labute approximate surface area is 466 Å². The normalized spacial score (nSPS) is 14.7. The number of nitrogens with one attached hydrogen (secondary N) is 9. The number of aromatic hydroxyl groups is 1. The molecule has 0 fully saturated rings. The Kier molecular flexibility index (Phi) is 32.4. The summed E-state index contributed by atoms with van der Waals surface area (Å²) in [4.78, 5) is 169. The van der Waals surface area contributed by atoms with Gasteiger partial charge in [0.05, 0.1) is 31.7 Å². The number of aliphatic hydroxyl groups excluding tert-OH is 2. The predicted octanol–water partition coefficient (Wildman–Crippen LogP) is -7.37. The molecule has 0 saturated heterocycles. The first-order valence-electron chi connectivity index (χ1n) is 26.0. The first-order chi connectivity index (χ1) is 38.0. The molecule has 32 nitrogen and oxygen atoms in total. The van der Waals surface area contributed by atoms with Crippen molar-refractivity contribution >= 4 is 76.9 Å². The van der Waals surface area contributed by atoms with Crippen LogP contribution in [0.1, 0.15) is 97.0 Å². The standard InChI is InChI=1S/C49H80N14O18/c1-24(2)39(49(80)81)63-46(77)32(20-26-10-12-27(66)13-11-26)60-47(78)34(23-64)61-45(76)31(15-17-38(70)71)57-43(74)29(9-5-7-19-51)56-44(75)30(14-16-35(53)67)58-48(79)40(25(3)65)62-37(69)22-55-42(73)33(21-36(54)68)59-41(72)28(52)8-4-6-18-50/h10-13,24-25,28-34,39-40,64-66H,4-9,14-23,50-52H2,1-3H3,(H2,53,67)(H2,54,68)(H,55,73)(H,56,75)(H,57,74)(H,58,79)(H,59,72)(H,60,78)(H,61,76)(H,62,69)(H,63,77)(H,70,71)(H,80,81)/t25-,28+,29+,30+,31+,32+,33+,34+,39+,40+/m1/s1. The molecule has 0 aliphatic heterocycles. The average Bonchev–Trinajstić information content (AvgIpc) is 3.41. The van der Waals surface area contributed by atoms with Crippen LogP contribution in [0.3, 0.4) is 0 Å². The number of hydrogen-bond donors (Lipinski definition) is 19. The van der Waals surface area contributed by atoms with E-state index in [9.17, 15) is 87.9 Å². The van der Waals surface area contributed by atoms with Crippen molar-refractivity contribution in [1.82, 2.24) is 47.9 Å². The van der Waals surface area contributed by atoms with E-state index in [-0.39, 0.29) is 44.4 Å². The van der Waals surface area contributed by atoms with E-state index in [1.165, 1.54) is 38.1 Å². The third-order valence-corrected chi connectivity index (χ3v) is 12.1. The van der Waals surface area contributed by atoms with Gasteiger partial charge in [-0.2, -0.15) is 0 Å². The van der Waals surface area contributed by atoms with Crippen molar-refractivity contribution in [3.63, 3.8) is 0 Å². The minimum absolute atomic E-state index is 0.106. The highest BCUT2D eigenvalue weighted by Crippen LogP contribution is 2.14. The van der Waals surface area contributed by atoms with E-state index in [0.717, 1.165) is 6.92 Å². The molecule has 1 aromatic carbocycles. The zero-order valence-corrected chi connectivity index (χ0v) is 45.4. The van der Waals surface area contributed by atoms with Gasteiger partial charge in [-0.05, 0) is 88.6 Å². The molecule has 0 radical (unpaired) electrons. The molecule has 11 amide bonds. The predicted molar refractivity (Wildman–Crippen MR) is 284 cm³/mol. The molecule has 0 unspecified atom stereocenters. The number of aliphatic hydroxyl groups is 2. The molecule has 32 heteroatoms. The van der Waals surface area contributed by atoms with E-state index in [2.05, 4.69) is 47.9 Å². The number of carbonyl (C=O) groups excluding carboxylic acids is 11. The summed E-state index contributed by atoms with van der Waals surface area (Å²) in [6.45, 7) is 2.53. The SMILES string of the molecule is CC(C)[C@H](NC(=O)[C@H](Cc1ccc(O)cc1)NC(=O)[C@H](CO)NC(=O)[C@H](CCC(=O)O)NC(=O)[C@H](CCCCN)NC(=O)[C@H](CCC(N)=O)NC(=O)[C@@H](NC(=O)CNC(=O)[C@H](CC(N)=O)NC(=O)[C@@H](N)CCCCN)[C@@H](C)O)C(=O)O. The third-order valence-electron chi connectivity index (χ3n) is 12.1. The number of carbonyl (C=O) groups is 13. The largest absolute Gasteiger partial charge is 0.508 e. The number of unbranched alkanes of at least 4 members (excludes halogenated alkanes) is 2. The summed E-state index contributed by atoms with van der Waals surface area (Å²) in [6.07, 6.45) is -3.73. The first-order valence-corrected chi connectivity index (χ1v) is 26.0. The first kappa shape index (κ1) is 70.9. The van der Waals surface area contributed by atoms with Crippen LogP contribution < -0.4 is 76.5 Å². The Bertz CT molecular complexity index is 2320. The number of nitrogens with two attached hydrogens (primary N) is 5. The molecule has 0 heterocycles. The Hall–Kier alpha value is -8.07. The smallest absolute Gasteiger partial charge is 0.326 e. The summed E-state index contributed by atoms with van der Waals surface area (Å²) >= 11 is 0. The summed E-state index contributed by atoms with van der Waals surface area (Å²) in [5.74, 6) is -15.4. The molecular formula is C49H80N14O18. The number of benzene rings is 1. The van der Waals surface area contributed by atoms with E-state index < -0.39 is 189 Å². The summed E-state index contributed by atoms with van der Waals surface area (Å²) in [6, 6.07) is -9.13. The number of hydrogen-bond acceptors (Lipinski definition) is 19. The minimum atomic E-state index is -1.89. The second-order valence-electron chi connectivity index (χ2n) is 19.3. The van der Waals surface area contributed by atoms with E-state index in [1.54, 1.807) is 0 Å². The number of aliphatic carboxylic acids is 2. The molecule has 0 aliphatic rings. The van der Waals surface area contributed by atoms with Crippen LogP contribution in [-0.2, 0) is 68.7 Å². The Balaban J connectivity index is 3.41. The Morgan fingerprint density at radius 2 is 0.988 bits per heavy atom. The summed E-state index contributed by atoms with van der Waals surface area (Å²) in [5.41, 5.74) is 28.0.